The quantitative estimate of drug-likeness (QED) is 0.697. The maximum absolute atomic E-state index is 13.3. The van der Waals surface area contributed by atoms with Crippen LogP contribution in [0.4, 0.5) is 4.39 Å². The average Bonchev–Trinajstić information content (AvgIpc) is 2.63. The summed E-state index contributed by atoms with van der Waals surface area (Å²) in [7, 11) is 0. The van der Waals surface area contributed by atoms with Gasteiger partial charge in [-0.05, 0) is 24.3 Å². The molecule has 0 aliphatic rings. The summed E-state index contributed by atoms with van der Waals surface area (Å²) in [6, 6.07) is 6.94. The lowest BCUT2D eigenvalue weighted by Gasteiger charge is -2.10. The highest BCUT2D eigenvalue weighted by Crippen LogP contribution is 2.20. The Morgan fingerprint density at radius 2 is 2.00 bits per heavy atom. The van der Waals surface area contributed by atoms with Crippen LogP contribution in [0.15, 0.2) is 48.8 Å². The number of carbonyl (C=O) groups is 2. The largest absolute Gasteiger partial charge is 0.484 e. The second-order valence-corrected chi connectivity index (χ2v) is 6.23. The molecule has 2 N–H and O–H groups in total. The van der Waals surface area contributed by atoms with Crippen LogP contribution in [0, 0.1) is 5.82 Å². The number of nitrogens with zero attached hydrogens (tertiary/aromatic N) is 1. The Morgan fingerprint density at radius 3 is 2.67 bits per heavy atom. The number of aromatic nitrogens is 1. The van der Waals surface area contributed by atoms with Gasteiger partial charge in [-0.1, -0.05) is 29.8 Å². The summed E-state index contributed by atoms with van der Waals surface area (Å²) in [6.07, 6.45) is 1.70. The Balaban J connectivity index is 1.68. The van der Waals surface area contributed by atoms with Crippen LogP contribution in [0.2, 0.25) is 10.0 Å². The molecule has 2 aromatic rings. The van der Waals surface area contributed by atoms with E-state index >= 15 is 0 Å². The molecule has 0 aliphatic heterocycles. The highest BCUT2D eigenvalue weighted by molar-refractivity contribution is 6.30. The van der Waals surface area contributed by atoms with E-state index in [0.29, 0.717) is 17.1 Å². The van der Waals surface area contributed by atoms with E-state index in [1.54, 1.807) is 6.07 Å². The monoisotopic (exact) mass is 411 g/mol. The molecular weight excluding hydrogens is 396 g/mol. The summed E-state index contributed by atoms with van der Waals surface area (Å²) in [4.78, 5) is 27.6. The normalized spacial score (nSPS) is 10.2. The van der Waals surface area contributed by atoms with Gasteiger partial charge in [-0.15, -0.1) is 0 Å². The first-order chi connectivity index (χ1) is 12.8. The smallest absolute Gasteiger partial charge is 0.269 e. The van der Waals surface area contributed by atoms with E-state index in [9.17, 15) is 14.0 Å². The van der Waals surface area contributed by atoms with E-state index < -0.39 is 11.7 Å². The van der Waals surface area contributed by atoms with Gasteiger partial charge in [0.25, 0.3) is 11.8 Å². The van der Waals surface area contributed by atoms with Gasteiger partial charge in [-0.2, -0.15) is 0 Å². The number of carbonyl (C=O) groups excluding carboxylic acids is 2. The standard InChI is InChI=1S/C18H16Cl2FN3O3/c1-11(6-7-22-18(26)16-5-2-12(19)9-23-16)24-17(25)10-27-13-3-4-14(20)15(21)8-13/h2-5,8-9H,1,6-7,10H2,(H,22,26)(H,24,25). The summed E-state index contributed by atoms with van der Waals surface area (Å²) >= 11 is 11.3. The van der Waals surface area contributed by atoms with Gasteiger partial charge in [0, 0.05) is 30.9 Å². The van der Waals surface area contributed by atoms with Crippen molar-refractivity contribution in [1.82, 2.24) is 15.6 Å². The maximum atomic E-state index is 13.3. The van der Waals surface area contributed by atoms with Gasteiger partial charge in [0.05, 0.1) is 10.0 Å². The van der Waals surface area contributed by atoms with Crippen molar-refractivity contribution in [1.29, 1.82) is 0 Å². The number of amides is 2. The summed E-state index contributed by atoms with van der Waals surface area (Å²) < 4.78 is 18.5. The molecule has 0 spiro atoms. The molecule has 2 amide bonds. The molecule has 0 saturated carbocycles. The number of rotatable bonds is 8. The molecule has 6 nitrogen and oxygen atoms in total. The SMILES string of the molecule is C=C(CCNC(=O)c1ccc(Cl)cn1)NC(=O)COc1ccc(Cl)c(F)c1. The Kier molecular flexibility index (Phi) is 7.57. The van der Waals surface area contributed by atoms with E-state index in [2.05, 4.69) is 22.2 Å². The van der Waals surface area contributed by atoms with E-state index in [1.807, 2.05) is 0 Å². The molecule has 0 fully saturated rings. The topological polar surface area (TPSA) is 80.3 Å². The van der Waals surface area contributed by atoms with Crippen molar-refractivity contribution in [2.75, 3.05) is 13.2 Å². The zero-order chi connectivity index (χ0) is 19.8. The van der Waals surface area contributed by atoms with Crippen LogP contribution < -0.4 is 15.4 Å². The Labute approximate surface area is 165 Å². The first kappa shape index (κ1) is 20.7. The van der Waals surface area contributed by atoms with Crippen molar-refractivity contribution >= 4 is 35.0 Å². The third-order valence-electron chi connectivity index (χ3n) is 3.25. The van der Waals surface area contributed by atoms with Crippen molar-refractivity contribution in [2.24, 2.45) is 0 Å². The van der Waals surface area contributed by atoms with Gasteiger partial charge in [0.1, 0.15) is 17.3 Å². The molecule has 9 heteroatoms. The minimum absolute atomic E-state index is 0.0315. The van der Waals surface area contributed by atoms with Crippen molar-refractivity contribution in [2.45, 2.75) is 6.42 Å². The summed E-state index contributed by atoms with van der Waals surface area (Å²) in [6.45, 7) is 3.64. The maximum Gasteiger partial charge on any atom is 0.269 e. The number of nitrogens with one attached hydrogen (secondary N) is 2. The number of pyridine rings is 1. The lowest BCUT2D eigenvalue weighted by molar-refractivity contribution is -0.122. The van der Waals surface area contributed by atoms with Crippen LogP contribution in [-0.2, 0) is 4.79 Å². The first-order valence-corrected chi connectivity index (χ1v) is 8.56. The number of hydrogen-bond acceptors (Lipinski definition) is 4. The van der Waals surface area contributed by atoms with E-state index in [0.717, 1.165) is 6.07 Å². The molecule has 2 rings (SSSR count). The Bertz CT molecular complexity index is 844. The molecule has 0 unspecified atom stereocenters. The zero-order valence-electron chi connectivity index (χ0n) is 14.1. The van der Waals surface area contributed by atoms with Gasteiger partial charge < -0.3 is 15.4 Å². The molecule has 1 heterocycles. The molecule has 142 valence electrons. The molecule has 0 atom stereocenters. The molecule has 0 radical (unpaired) electrons. The summed E-state index contributed by atoms with van der Waals surface area (Å²) in [5.41, 5.74) is 0.632. The van der Waals surface area contributed by atoms with Gasteiger partial charge in [0.2, 0.25) is 0 Å². The minimum atomic E-state index is -0.634. The van der Waals surface area contributed by atoms with Crippen molar-refractivity contribution in [3.05, 3.63) is 70.4 Å². The molecule has 1 aromatic carbocycles. The van der Waals surface area contributed by atoms with Crippen LogP contribution in [-0.4, -0.2) is 29.9 Å². The third kappa shape index (κ3) is 6.88. The molecule has 27 heavy (non-hydrogen) atoms. The van der Waals surface area contributed by atoms with Crippen molar-refractivity contribution in [3.8, 4) is 5.75 Å². The molecule has 1 aromatic heterocycles. The highest BCUT2D eigenvalue weighted by Gasteiger charge is 2.09. The van der Waals surface area contributed by atoms with Gasteiger partial charge in [-0.3, -0.25) is 9.59 Å². The minimum Gasteiger partial charge on any atom is -0.484 e. The third-order valence-corrected chi connectivity index (χ3v) is 3.78. The van der Waals surface area contributed by atoms with E-state index in [1.165, 1.54) is 24.4 Å². The summed E-state index contributed by atoms with van der Waals surface area (Å²) in [5, 5.41) is 5.59. The van der Waals surface area contributed by atoms with Crippen LogP contribution in [0.25, 0.3) is 0 Å². The summed E-state index contributed by atoms with van der Waals surface area (Å²) in [5.74, 6) is -1.27. The van der Waals surface area contributed by atoms with Gasteiger partial charge >= 0.3 is 0 Å². The number of hydrogen-bond donors (Lipinski definition) is 2. The van der Waals surface area contributed by atoms with Crippen molar-refractivity contribution in [3.63, 3.8) is 0 Å². The fourth-order valence-corrected chi connectivity index (χ4v) is 2.17. The van der Waals surface area contributed by atoms with Crippen LogP contribution in [0.1, 0.15) is 16.9 Å². The Morgan fingerprint density at radius 1 is 1.22 bits per heavy atom. The Hall–Kier alpha value is -2.64. The fraction of sp³-hybridized carbons (Fsp3) is 0.167. The highest BCUT2D eigenvalue weighted by atomic mass is 35.5. The van der Waals surface area contributed by atoms with Crippen LogP contribution >= 0.6 is 23.2 Å². The zero-order valence-corrected chi connectivity index (χ0v) is 15.6. The predicted octanol–water partition coefficient (Wildman–Crippen LogP) is 3.36. The van der Waals surface area contributed by atoms with Crippen LogP contribution in [0.5, 0.6) is 5.75 Å². The van der Waals surface area contributed by atoms with Gasteiger partial charge in [-0.25, -0.2) is 9.37 Å². The number of ether oxygens (including phenoxy) is 1. The second-order valence-electron chi connectivity index (χ2n) is 5.38. The first-order valence-electron chi connectivity index (χ1n) is 7.80. The lowest BCUT2D eigenvalue weighted by atomic mass is 10.3. The number of benzene rings is 1. The van der Waals surface area contributed by atoms with Crippen LogP contribution in [0.3, 0.4) is 0 Å². The molecule has 0 aliphatic carbocycles. The van der Waals surface area contributed by atoms with E-state index in [4.69, 9.17) is 27.9 Å². The van der Waals surface area contributed by atoms with E-state index in [-0.39, 0.29) is 35.5 Å². The lowest BCUT2D eigenvalue weighted by Crippen LogP contribution is -2.31. The average molecular weight is 412 g/mol. The molecular formula is C18H16Cl2FN3O3. The molecule has 0 saturated heterocycles. The van der Waals surface area contributed by atoms with Crippen molar-refractivity contribution < 1.29 is 18.7 Å². The second kappa shape index (κ2) is 9.89. The van der Waals surface area contributed by atoms with Gasteiger partial charge in [0.15, 0.2) is 6.61 Å². The number of halogens is 3. The fourth-order valence-electron chi connectivity index (χ4n) is 1.94. The molecule has 0 bridgehead atoms. The predicted molar refractivity (Wildman–Crippen MR) is 100 cm³/mol.